The van der Waals surface area contributed by atoms with Gasteiger partial charge in [-0.05, 0) is 49.4 Å². The van der Waals surface area contributed by atoms with E-state index < -0.39 is 5.82 Å². The smallest absolute Gasteiger partial charge is 0.258 e. The van der Waals surface area contributed by atoms with Crippen LogP contribution in [0.25, 0.3) is 22.2 Å². The first-order valence-electron chi connectivity index (χ1n) is 8.09. The van der Waals surface area contributed by atoms with Gasteiger partial charge in [-0.25, -0.2) is 13.8 Å². The lowest BCUT2D eigenvalue weighted by Crippen LogP contribution is -2.13. The Morgan fingerprint density at radius 3 is 2.52 bits per heavy atom. The lowest BCUT2D eigenvalue weighted by Gasteiger charge is -2.07. The Morgan fingerprint density at radius 1 is 1.00 bits per heavy atom. The summed E-state index contributed by atoms with van der Waals surface area (Å²) < 4.78 is 26.5. The van der Waals surface area contributed by atoms with Crippen LogP contribution in [-0.4, -0.2) is 15.9 Å². The highest BCUT2D eigenvalue weighted by molar-refractivity contribution is 7.14. The van der Waals surface area contributed by atoms with Crippen LogP contribution < -0.4 is 5.32 Å². The SMILES string of the molecule is Cc1cc(C(=O)Nc2nc(-c3ccc(F)cc3)cs2)c2ccc(F)cc2n1. The Hall–Kier alpha value is -3.19. The quantitative estimate of drug-likeness (QED) is 0.531. The van der Waals surface area contributed by atoms with Crippen molar-refractivity contribution in [2.75, 3.05) is 5.32 Å². The molecule has 0 bridgehead atoms. The zero-order valence-corrected chi connectivity index (χ0v) is 15.0. The van der Waals surface area contributed by atoms with Crippen molar-refractivity contribution < 1.29 is 13.6 Å². The van der Waals surface area contributed by atoms with Crippen molar-refractivity contribution in [2.24, 2.45) is 0 Å². The highest BCUT2D eigenvalue weighted by atomic mass is 32.1. The van der Waals surface area contributed by atoms with Gasteiger partial charge in [-0.15, -0.1) is 11.3 Å². The van der Waals surface area contributed by atoms with E-state index in [1.165, 1.54) is 41.7 Å². The van der Waals surface area contributed by atoms with Crippen LogP contribution in [0.4, 0.5) is 13.9 Å². The van der Waals surface area contributed by atoms with Gasteiger partial charge >= 0.3 is 0 Å². The molecule has 0 aliphatic heterocycles. The molecule has 0 aliphatic rings. The first-order chi connectivity index (χ1) is 13.0. The van der Waals surface area contributed by atoms with Crippen LogP contribution in [0.3, 0.4) is 0 Å². The number of carbonyl (C=O) groups is 1. The number of aromatic nitrogens is 2. The van der Waals surface area contributed by atoms with Crippen LogP contribution in [0, 0.1) is 18.6 Å². The summed E-state index contributed by atoms with van der Waals surface area (Å²) in [7, 11) is 0. The van der Waals surface area contributed by atoms with E-state index in [2.05, 4.69) is 15.3 Å². The van der Waals surface area contributed by atoms with E-state index in [0.717, 1.165) is 5.56 Å². The summed E-state index contributed by atoms with van der Waals surface area (Å²) in [6.07, 6.45) is 0. The molecule has 2 aromatic carbocycles. The number of fused-ring (bicyclic) bond motifs is 1. The number of pyridine rings is 1. The number of nitrogens with zero attached hydrogens (tertiary/aromatic N) is 2. The van der Waals surface area contributed by atoms with Crippen molar-refractivity contribution in [3.05, 3.63) is 76.8 Å². The third kappa shape index (κ3) is 3.54. The number of anilines is 1. The maximum absolute atomic E-state index is 13.5. The number of carbonyl (C=O) groups excluding carboxylic acids is 1. The number of hydrogen-bond donors (Lipinski definition) is 1. The maximum atomic E-state index is 13.5. The summed E-state index contributed by atoms with van der Waals surface area (Å²) in [4.78, 5) is 21.4. The average Bonchev–Trinajstić information content (AvgIpc) is 3.09. The fraction of sp³-hybridized carbons (Fsp3) is 0.0500. The number of thiazole rings is 1. The Bertz CT molecular complexity index is 1150. The molecule has 0 spiro atoms. The summed E-state index contributed by atoms with van der Waals surface area (Å²) >= 11 is 1.27. The molecule has 0 atom stereocenters. The number of rotatable bonds is 3. The van der Waals surface area contributed by atoms with Crippen molar-refractivity contribution in [2.45, 2.75) is 6.92 Å². The lowest BCUT2D eigenvalue weighted by atomic mass is 10.1. The van der Waals surface area contributed by atoms with Crippen LogP contribution in [0.1, 0.15) is 16.1 Å². The zero-order chi connectivity index (χ0) is 19.0. The van der Waals surface area contributed by atoms with E-state index in [4.69, 9.17) is 0 Å². The predicted octanol–water partition coefficient (Wildman–Crippen LogP) is 5.20. The van der Waals surface area contributed by atoms with E-state index in [0.29, 0.717) is 33.0 Å². The Kier molecular flexibility index (Phi) is 4.37. The highest BCUT2D eigenvalue weighted by Crippen LogP contribution is 2.26. The highest BCUT2D eigenvalue weighted by Gasteiger charge is 2.15. The van der Waals surface area contributed by atoms with Gasteiger partial charge in [-0.2, -0.15) is 0 Å². The minimum absolute atomic E-state index is 0.320. The molecule has 4 aromatic rings. The molecule has 1 N–H and O–H groups in total. The van der Waals surface area contributed by atoms with Crippen LogP contribution in [0.15, 0.2) is 53.9 Å². The molecular formula is C20H13F2N3OS. The third-order valence-corrected chi connectivity index (χ3v) is 4.77. The predicted molar refractivity (Wildman–Crippen MR) is 102 cm³/mol. The summed E-state index contributed by atoms with van der Waals surface area (Å²) in [6, 6.07) is 11.8. The fourth-order valence-corrected chi connectivity index (χ4v) is 3.49. The van der Waals surface area contributed by atoms with E-state index >= 15 is 0 Å². The van der Waals surface area contributed by atoms with Crippen molar-refractivity contribution in [1.29, 1.82) is 0 Å². The minimum atomic E-state index is -0.407. The Labute approximate surface area is 157 Å². The van der Waals surface area contributed by atoms with Crippen molar-refractivity contribution in [3.63, 3.8) is 0 Å². The molecule has 0 fully saturated rings. The number of nitrogens with one attached hydrogen (secondary N) is 1. The topological polar surface area (TPSA) is 54.9 Å². The van der Waals surface area contributed by atoms with Gasteiger partial charge in [-0.1, -0.05) is 0 Å². The largest absolute Gasteiger partial charge is 0.298 e. The Morgan fingerprint density at radius 2 is 1.74 bits per heavy atom. The number of amides is 1. The molecule has 0 aliphatic carbocycles. The Balaban J connectivity index is 1.63. The molecular weight excluding hydrogens is 368 g/mol. The zero-order valence-electron chi connectivity index (χ0n) is 14.2. The summed E-state index contributed by atoms with van der Waals surface area (Å²) in [5.41, 5.74) is 2.84. The van der Waals surface area contributed by atoms with Gasteiger partial charge in [0.2, 0.25) is 0 Å². The van der Waals surface area contributed by atoms with Gasteiger partial charge in [0.25, 0.3) is 5.91 Å². The van der Waals surface area contributed by atoms with Gasteiger partial charge in [0.15, 0.2) is 5.13 Å². The molecule has 0 unspecified atom stereocenters. The third-order valence-electron chi connectivity index (χ3n) is 4.01. The molecule has 134 valence electrons. The van der Waals surface area contributed by atoms with Gasteiger partial charge in [0.05, 0.1) is 16.8 Å². The second kappa shape index (κ2) is 6.85. The van der Waals surface area contributed by atoms with E-state index in [-0.39, 0.29) is 11.7 Å². The molecule has 7 heteroatoms. The van der Waals surface area contributed by atoms with E-state index in [1.807, 2.05) is 0 Å². The second-order valence-corrected chi connectivity index (χ2v) is 6.83. The minimum Gasteiger partial charge on any atom is -0.298 e. The molecule has 27 heavy (non-hydrogen) atoms. The fourth-order valence-electron chi connectivity index (χ4n) is 2.77. The van der Waals surface area contributed by atoms with Crippen molar-refractivity contribution in [3.8, 4) is 11.3 Å². The summed E-state index contributed by atoms with van der Waals surface area (Å²) in [6.45, 7) is 1.75. The molecule has 0 saturated carbocycles. The average molecular weight is 381 g/mol. The van der Waals surface area contributed by atoms with Crippen LogP contribution in [0.2, 0.25) is 0 Å². The van der Waals surface area contributed by atoms with E-state index in [9.17, 15) is 13.6 Å². The maximum Gasteiger partial charge on any atom is 0.258 e. The summed E-state index contributed by atoms with van der Waals surface area (Å²) in [5.74, 6) is -1.08. The van der Waals surface area contributed by atoms with Gasteiger partial charge in [0.1, 0.15) is 11.6 Å². The first-order valence-corrected chi connectivity index (χ1v) is 8.97. The van der Waals surface area contributed by atoms with Crippen LogP contribution in [0.5, 0.6) is 0 Å². The molecule has 2 heterocycles. The molecule has 1 amide bonds. The van der Waals surface area contributed by atoms with Gasteiger partial charge in [0, 0.05) is 28.1 Å². The number of halogens is 2. The summed E-state index contributed by atoms with van der Waals surface area (Å²) in [5, 5.41) is 5.54. The molecule has 4 rings (SSSR count). The van der Waals surface area contributed by atoms with Crippen LogP contribution >= 0.6 is 11.3 Å². The second-order valence-electron chi connectivity index (χ2n) is 5.97. The number of aryl methyl sites for hydroxylation is 1. The molecule has 0 radical (unpaired) electrons. The van der Waals surface area contributed by atoms with Crippen molar-refractivity contribution >= 4 is 33.3 Å². The standard InChI is InChI=1S/C20H13F2N3OS/c1-11-8-16(15-7-6-14(22)9-17(15)23-11)19(26)25-20-24-18(10-27-20)12-2-4-13(21)5-3-12/h2-10H,1H3,(H,24,25,26). The molecule has 4 nitrogen and oxygen atoms in total. The van der Waals surface area contributed by atoms with Gasteiger partial charge in [-0.3, -0.25) is 15.1 Å². The first kappa shape index (κ1) is 17.2. The normalized spacial score (nSPS) is 10.9. The number of benzene rings is 2. The lowest BCUT2D eigenvalue weighted by molar-refractivity contribution is 0.102. The van der Waals surface area contributed by atoms with E-state index in [1.54, 1.807) is 30.5 Å². The van der Waals surface area contributed by atoms with Crippen LogP contribution in [-0.2, 0) is 0 Å². The van der Waals surface area contributed by atoms with Gasteiger partial charge < -0.3 is 0 Å². The monoisotopic (exact) mass is 381 g/mol. The molecule has 0 saturated heterocycles. The number of hydrogen-bond acceptors (Lipinski definition) is 4. The van der Waals surface area contributed by atoms with Crippen molar-refractivity contribution in [1.82, 2.24) is 9.97 Å². The molecule has 2 aromatic heterocycles.